The van der Waals surface area contributed by atoms with E-state index in [1.54, 1.807) is 4.90 Å². The number of piperidine rings is 2. The number of rotatable bonds is 7. The third-order valence-electron chi connectivity index (χ3n) is 12.8. The Morgan fingerprint density at radius 1 is 0.862 bits per heavy atom. The maximum Gasteiger partial charge on any atom is 0.329 e. The van der Waals surface area contributed by atoms with Gasteiger partial charge in [-0.25, -0.2) is 19.7 Å². The second kappa shape index (κ2) is 15.1. The number of likely N-dealkylation sites (tertiary alicyclic amines) is 1. The number of nitrogens with one attached hydrogen (secondary N) is 3. The number of hydrogen-bond donors (Lipinski definition) is 3. The molecule has 0 unspecified atom stereocenters. The molecule has 3 fully saturated rings. The zero-order valence-electron chi connectivity index (χ0n) is 33.2. The number of hydrogen-bond acceptors (Lipinski definition) is 12. The van der Waals surface area contributed by atoms with Crippen molar-refractivity contribution >= 4 is 57.4 Å². The summed E-state index contributed by atoms with van der Waals surface area (Å²) >= 11 is 0. The average Bonchev–Trinajstić information content (AvgIpc) is 3.60. The van der Waals surface area contributed by atoms with E-state index in [0.717, 1.165) is 116 Å². The first-order chi connectivity index (χ1) is 28.4. The van der Waals surface area contributed by atoms with E-state index < -0.39 is 6.03 Å². The van der Waals surface area contributed by atoms with Crippen molar-refractivity contribution in [1.29, 1.82) is 0 Å². The Labute approximate surface area is 337 Å². The lowest BCUT2D eigenvalue weighted by atomic mass is 9.88. The molecule has 5 aliphatic heterocycles. The predicted molar refractivity (Wildman–Crippen MR) is 224 cm³/mol. The van der Waals surface area contributed by atoms with Crippen LogP contribution >= 0.6 is 0 Å². The Bertz CT molecular complexity index is 2360. The van der Waals surface area contributed by atoms with Crippen molar-refractivity contribution in [1.82, 2.24) is 34.9 Å². The highest BCUT2D eigenvalue weighted by Gasteiger charge is 2.32. The van der Waals surface area contributed by atoms with E-state index in [0.29, 0.717) is 49.3 Å². The predicted octanol–water partition coefficient (Wildman–Crippen LogP) is 5.47. The fourth-order valence-corrected chi connectivity index (χ4v) is 9.65. The molecule has 5 aliphatic rings. The van der Waals surface area contributed by atoms with E-state index in [2.05, 4.69) is 83.9 Å². The molecule has 0 bridgehead atoms. The SMILES string of the molecule is Cc1c(N2CCc3cnc(Nc4ccc(C5CCN(C6CCN(c7cccc8c(N9CCC(=O)NC9=O)nn(C)c78)CC6)CC5)cc4)nc3C2)cnc2c1NCCO2. The van der Waals surface area contributed by atoms with Crippen molar-refractivity contribution in [2.24, 2.45) is 7.05 Å². The fraction of sp³-hybridized carbons (Fsp3) is 0.442. The number of carbonyl (C=O) groups excluding carboxylic acids is 2. The van der Waals surface area contributed by atoms with Gasteiger partial charge in [-0.3, -0.25) is 19.7 Å². The number of ether oxygens (including phenoxy) is 1. The zero-order valence-corrected chi connectivity index (χ0v) is 33.2. The third-order valence-corrected chi connectivity index (χ3v) is 12.8. The van der Waals surface area contributed by atoms with Gasteiger partial charge in [0.15, 0.2) is 5.82 Å². The van der Waals surface area contributed by atoms with Gasteiger partial charge in [0.25, 0.3) is 0 Å². The molecule has 15 nitrogen and oxygen atoms in total. The standard InChI is InChI=1S/C43H50N12O3/c1-27-36(25-45-41-38(27)44-16-23-58-41)54-19-12-30-24-46-42(48-34(30)26-54)47-31-8-6-28(7-9-31)29-10-17-52(18-11-29)32-13-20-53(21-14-32)35-5-3-4-33-39(35)51(2)50-40(33)55-22-15-37(56)49-43(55)57/h3-9,24-25,29,32,44H,10-23,26H2,1-2H3,(H,46,47,48)(H,49,56,57). The van der Waals surface area contributed by atoms with Gasteiger partial charge in [-0.1, -0.05) is 18.2 Å². The van der Waals surface area contributed by atoms with E-state index in [1.807, 2.05) is 30.2 Å². The summed E-state index contributed by atoms with van der Waals surface area (Å²) in [7, 11) is 1.94. The summed E-state index contributed by atoms with van der Waals surface area (Å²) in [4.78, 5) is 47.7. The van der Waals surface area contributed by atoms with E-state index >= 15 is 0 Å². The zero-order chi connectivity index (χ0) is 39.3. The van der Waals surface area contributed by atoms with Gasteiger partial charge in [0, 0.05) is 75.1 Å². The summed E-state index contributed by atoms with van der Waals surface area (Å²) in [6, 6.07) is 15.3. The number of para-hydroxylation sites is 1. The first-order valence-electron chi connectivity index (χ1n) is 20.8. The largest absolute Gasteiger partial charge is 0.474 e. The molecule has 0 aliphatic carbocycles. The number of amides is 3. The summed E-state index contributed by atoms with van der Waals surface area (Å²) < 4.78 is 7.63. The molecule has 10 rings (SSSR count). The van der Waals surface area contributed by atoms with Gasteiger partial charge in [0.2, 0.25) is 17.7 Å². The second-order valence-electron chi connectivity index (χ2n) is 16.2. The number of nitrogens with zero attached hydrogens (tertiary/aromatic N) is 9. The van der Waals surface area contributed by atoms with Crippen LogP contribution in [0.5, 0.6) is 5.88 Å². The minimum Gasteiger partial charge on any atom is -0.474 e. The first-order valence-corrected chi connectivity index (χ1v) is 20.8. The van der Waals surface area contributed by atoms with Crippen LogP contribution in [0.3, 0.4) is 0 Å². The topological polar surface area (TPSA) is 149 Å². The van der Waals surface area contributed by atoms with Crippen molar-refractivity contribution in [2.75, 3.05) is 77.8 Å². The quantitative estimate of drug-likeness (QED) is 0.192. The Balaban J connectivity index is 0.729. The van der Waals surface area contributed by atoms with Crippen LogP contribution in [-0.2, 0) is 24.8 Å². The fourth-order valence-electron chi connectivity index (χ4n) is 9.65. The molecule has 0 spiro atoms. The second-order valence-corrected chi connectivity index (χ2v) is 16.2. The van der Waals surface area contributed by atoms with E-state index in [4.69, 9.17) is 14.8 Å². The van der Waals surface area contributed by atoms with Crippen LogP contribution in [-0.4, -0.2) is 100 Å². The van der Waals surface area contributed by atoms with Gasteiger partial charge in [0.05, 0.1) is 35.3 Å². The van der Waals surface area contributed by atoms with Gasteiger partial charge < -0.3 is 30.1 Å². The lowest BCUT2D eigenvalue weighted by Crippen LogP contribution is -2.49. The summed E-state index contributed by atoms with van der Waals surface area (Å²) in [6.07, 6.45) is 9.61. The number of benzene rings is 2. The number of pyridine rings is 1. The molecular weight excluding hydrogens is 733 g/mol. The van der Waals surface area contributed by atoms with E-state index in [1.165, 1.54) is 11.1 Å². The molecule has 5 aromatic rings. The molecule has 58 heavy (non-hydrogen) atoms. The minimum absolute atomic E-state index is 0.243. The average molecular weight is 783 g/mol. The van der Waals surface area contributed by atoms with E-state index in [9.17, 15) is 9.59 Å². The normalized spacial score (nSPS) is 19.4. The van der Waals surface area contributed by atoms with Crippen LogP contribution in [0.1, 0.15) is 60.4 Å². The van der Waals surface area contributed by atoms with Gasteiger partial charge in [-0.2, -0.15) is 5.10 Å². The number of anilines is 6. The number of urea groups is 1. The minimum atomic E-state index is -0.408. The summed E-state index contributed by atoms with van der Waals surface area (Å²) in [5, 5.41) is 15.0. The highest BCUT2D eigenvalue weighted by atomic mass is 16.5. The molecule has 0 saturated carbocycles. The summed E-state index contributed by atoms with van der Waals surface area (Å²) in [5.41, 5.74) is 10.1. The Hall–Kier alpha value is -5.96. The van der Waals surface area contributed by atoms with Crippen molar-refractivity contribution in [3.05, 3.63) is 77.2 Å². The highest BCUT2D eigenvalue weighted by molar-refractivity contribution is 6.10. The summed E-state index contributed by atoms with van der Waals surface area (Å²) in [6.45, 7) is 9.67. The van der Waals surface area contributed by atoms with Crippen LogP contribution in [0.25, 0.3) is 10.9 Å². The number of imide groups is 1. The molecule has 3 saturated heterocycles. The van der Waals surface area contributed by atoms with Gasteiger partial charge >= 0.3 is 6.03 Å². The molecule has 8 heterocycles. The van der Waals surface area contributed by atoms with Crippen LogP contribution in [0.4, 0.5) is 39.3 Å². The van der Waals surface area contributed by atoms with Gasteiger partial charge in [-0.05, 0) is 93.4 Å². The molecule has 3 N–H and O–H groups in total. The third kappa shape index (κ3) is 6.80. The highest BCUT2D eigenvalue weighted by Crippen LogP contribution is 2.38. The number of fused-ring (bicyclic) bond motifs is 3. The molecular formula is C43H50N12O3. The Morgan fingerprint density at radius 3 is 2.50 bits per heavy atom. The maximum atomic E-state index is 12.6. The lowest BCUT2D eigenvalue weighted by molar-refractivity contribution is -0.120. The Morgan fingerprint density at radius 2 is 1.69 bits per heavy atom. The van der Waals surface area contributed by atoms with Gasteiger partial charge in [0.1, 0.15) is 12.3 Å². The molecule has 3 aromatic heterocycles. The summed E-state index contributed by atoms with van der Waals surface area (Å²) in [5.74, 6) is 2.22. The van der Waals surface area contributed by atoms with E-state index in [-0.39, 0.29) is 12.3 Å². The van der Waals surface area contributed by atoms with Crippen molar-refractivity contribution in [3.63, 3.8) is 0 Å². The van der Waals surface area contributed by atoms with Crippen LogP contribution < -0.4 is 35.4 Å². The lowest BCUT2D eigenvalue weighted by Gasteiger charge is -2.42. The van der Waals surface area contributed by atoms with Crippen LogP contribution in [0.2, 0.25) is 0 Å². The number of aromatic nitrogens is 5. The molecule has 300 valence electrons. The van der Waals surface area contributed by atoms with Crippen LogP contribution in [0, 0.1) is 6.92 Å². The smallest absolute Gasteiger partial charge is 0.329 e. The van der Waals surface area contributed by atoms with Crippen LogP contribution in [0.15, 0.2) is 54.9 Å². The number of carbonyl (C=O) groups is 2. The first kappa shape index (κ1) is 36.4. The molecule has 2 aromatic carbocycles. The molecule has 0 atom stereocenters. The van der Waals surface area contributed by atoms with Crippen molar-refractivity contribution < 1.29 is 14.3 Å². The van der Waals surface area contributed by atoms with Crippen molar-refractivity contribution in [2.45, 2.75) is 64.0 Å². The maximum absolute atomic E-state index is 12.6. The molecule has 3 amide bonds. The number of aryl methyl sites for hydroxylation is 1. The monoisotopic (exact) mass is 782 g/mol. The molecule has 15 heteroatoms. The van der Waals surface area contributed by atoms with Gasteiger partial charge in [-0.15, -0.1) is 0 Å². The Kier molecular flexibility index (Phi) is 9.46. The molecule has 0 radical (unpaired) electrons. The van der Waals surface area contributed by atoms with Crippen molar-refractivity contribution in [3.8, 4) is 5.88 Å².